The van der Waals surface area contributed by atoms with Crippen LogP contribution in [0.4, 0.5) is 5.69 Å². The fourth-order valence-electron chi connectivity index (χ4n) is 1.64. The first-order valence-corrected chi connectivity index (χ1v) is 6.19. The van der Waals surface area contributed by atoms with Crippen LogP contribution in [-0.4, -0.2) is 22.9 Å². The van der Waals surface area contributed by atoms with Crippen molar-refractivity contribution in [1.82, 2.24) is 9.78 Å². The Bertz CT molecular complexity index is 775. The molecule has 108 valence electrons. The summed E-state index contributed by atoms with van der Waals surface area (Å²) in [6.45, 7) is 0. The number of nitrogens with one attached hydrogen (secondary N) is 1. The maximum Gasteiger partial charge on any atom is 0.358 e. The van der Waals surface area contributed by atoms with E-state index in [2.05, 4.69) is 15.2 Å². The molecule has 0 unspecified atom stereocenters. The first-order chi connectivity index (χ1) is 10.7. The Kier molecular flexibility index (Phi) is 4.53. The minimum atomic E-state index is -0.497. The highest BCUT2D eigenvalue weighted by atomic mass is 16.5. The highest BCUT2D eigenvalue weighted by molar-refractivity contribution is 5.86. The van der Waals surface area contributed by atoms with E-state index in [1.54, 1.807) is 53.3 Å². The molecule has 0 saturated heterocycles. The summed E-state index contributed by atoms with van der Waals surface area (Å²) in [5, 5.41) is 24.2. The van der Waals surface area contributed by atoms with Crippen LogP contribution >= 0.6 is 0 Å². The summed E-state index contributed by atoms with van der Waals surface area (Å²) in [7, 11) is 1.30. The van der Waals surface area contributed by atoms with Crippen molar-refractivity contribution in [1.29, 1.82) is 10.5 Å². The Morgan fingerprint density at radius 3 is 2.55 bits per heavy atom. The van der Waals surface area contributed by atoms with Crippen LogP contribution in [0.5, 0.6) is 0 Å². The second kappa shape index (κ2) is 6.73. The molecule has 0 bridgehead atoms. The molecule has 0 fully saturated rings. The summed E-state index contributed by atoms with van der Waals surface area (Å²) in [5.41, 5.74) is 1.68. The number of benzene rings is 1. The monoisotopic (exact) mass is 293 g/mol. The van der Waals surface area contributed by atoms with Crippen molar-refractivity contribution in [2.75, 3.05) is 12.4 Å². The average Bonchev–Trinajstić information content (AvgIpc) is 3.05. The third kappa shape index (κ3) is 3.30. The number of nitrogens with zero attached hydrogens (tertiary/aromatic N) is 4. The van der Waals surface area contributed by atoms with Gasteiger partial charge >= 0.3 is 5.97 Å². The molecule has 7 heteroatoms. The number of aromatic nitrogens is 2. The molecule has 0 atom stereocenters. The Morgan fingerprint density at radius 1 is 1.27 bits per heavy atom. The third-order valence-electron chi connectivity index (χ3n) is 2.74. The zero-order valence-electron chi connectivity index (χ0n) is 11.6. The van der Waals surface area contributed by atoms with Crippen molar-refractivity contribution in [3.63, 3.8) is 0 Å². The molecule has 0 radical (unpaired) electrons. The fourth-order valence-corrected chi connectivity index (χ4v) is 1.64. The standard InChI is InChI=1S/C15H11N5O2/c1-22-15(21)14-6-7-20(19-14)13-4-2-12(3-5-13)18-10-11(8-16)9-17/h2-7,10,18H,1H3. The number of carbonyl (C=O) groups excluding carboxylic acids is 1. The van der Waals surface area contributed by atoms with Gasteiger partial charge in [0.1, 0.15) is 17.7 Å². The van der Waals surface area contributed by atoms with Crippen LogP contribution in [-0.2, 0) is 4.74 Å². The molecule has 0 aliphatic heterocycles. The molecule has 1 heterocycles. The van der Waals surface area contributed by atoms with Gasteiger partial charge in [0, 0.05) is 18.1 Å². The number of methoxy groups -OCH3 is 1. The molecule has 1 N–H and O–H groups in total. The van der Waals surface area contributed by atoms with E-state index >= 15 is 0 Å². The van der Waals surface area contributed by atoms with Crippen molar-refractivity contribution in [3.8, 4) is 17.8 Å². The summed E-state index contributed by atoms with van der Waals surface area (Å²) in [4.78, 5) is 11.4. The van der Waals surface area contributed by atoms with Gasteiger partial charge in [-0.15, -0.1) is 0 Å². The number of allylic oxidation sites excluding steroid dienone is 1. The Labute approximate surface area is 126 Å². The lowest BCUT2D eigenvalue weighted by atomic mass is 10.2. The second-order valence-electron chi connectivity index (χ2n) is 4.11. The van der Waals surface area contributed by atoms with Crippen LogP contribution in [0.1, 0.15) is 10.5 Å². The molecule has 0 aliphatic carbocycles. The summed E-state index contributed by atoms with van der Waals surface area (Å²) < 4.78 is 6.14. The van der Waals surface area contributed by atoms with E-state index in [-0.39, 0.29) is 11.3 Å². The lowest BCUT2D eigenvalue weighted by Crippen LogP contribution is -2.04. The number of hydrogen-bond acceptors (Lipinski definition) is 6. The molecule has 1 aromatic heterocycles. The predicted octanol–water partition coefficient (Wildman–Crippen LogP) is 2.00. The molecule has 0 saturated carbocycles. The first kappa shape index (κ1) is 14.8. The van der Waals surface area contributed by atoms with Crippen molar-refractivity contribution in [3.05, 3.63) is 54.0 Å². The number of esters is 1. The summed E-state index contributed by atoms with van der Waals surface area (Å²) in [6, 6.07) is 12.2. The van der Waals surface area contributed by atoms with Crippen molar-refractivity contribution < 1.29 is 9.53 Å². The van der Waals surface area contributed by atoms with Crippen molar-refractivity contribution in [2.45, 2.75) is 0 Å². The first-order valence-electron chi connectivity index (χ1n) is 6.19. The van der Waals surface area contributed by atoms with Gasteiger partial charge in [0.05, 0.1) is 12.8 Å². The van der Waals surface area contributed by atoms with Gasteiger partial charge in [0.25, 0.3) is 0 Å². The molecule has 2 rings (SSSR count). The second-order valence-corrected chi connectivity index (χ2v) is 4.11. The van der Waals surface area contributed by atoms with Crippen LogP contribution in [0.2, 0.25) is 0 Å². The fraction of sp³-hybridized carbons (Fsp3) is 0.0667. The summed E-state index contributed by atoms with van der Waals surface area (Å²) in [5.74, 6) is -0.497. The quantitative estimate of drug-likeness (QED) is 0.683. The van der Waals surface area contributed by atoms with Gasteiger partial charge in [-0.05, 0) is 30.3 Å². The van der Waals surface area contributed by atoms with E-state index in [4.69, 9.17) is 10.5 Å². The molecule has 22 heavy (non-hydrogen) atoms. The molecule has 7 nitrogen and oxygen atoms in total. The zero-order chi connectivity index (χ0) is 15.9. The molecular formula is C15H11N5O2. The van der Waals surface area contributed by atoms with Crippen LogP contribution < -0.4 is 5.32 Å². The number of rotatable bonds is 4. The number of anilines is 1. The molecular weight excluding hydrogens is 282 g/mol. The van der Waals surface area contributed by atoms with Gasteiger partial charge in [0.2, 0.25) is 0 Å². The third-order valence-corrected chi connectivity index (χ3v) is 2.74. The van der Waals surface area contributed by atoms with E-state index in [1.165, 1.54) is 13.3 Å². The average molecular weight is 293 g/mol. The van der Waals surface area contributed by atoms with Crippen LogP contribution in [0.15, 0.2) is 48.3 Å². The normalized spacial score (nSPS) is 9.23. The zero-order valence-corrected chi connectivity index (χ0v) is 11.6. The predicted molar refractivity (Wildman–Crippen MR) is 77.8 cm³/mol. The van der Waals surface area contributed by atoms with Gasteiger partial charge in [-0.2, -0.15) is 15.6 Å². The molecule has 0 amide bonds. The van der Waals surface area contributed by atoms with Gasteiger partial charge in [-0.25, -0.2) is 9.48 Å². The Morgan fingerprint density at radius 2 is 1.95 bits per heavy atom. The van der Waals surface area contributed by atoms with E-state index in [0.717, 1.165) is 5.69 Å². The van der Waals surface area contributed by atoms with E-state index in [0.29, 0.717) is 5.69 Å². The maximum atomic E-state index is 11.4. The van der Waals surface area contributed by atoms with E-state index < -0.39 is 5.97 Å². The molecule has 1 aromatic carbocycles. The van der Waals surface area contributed by atoms with E-state index in [9.17, 15) is 4.79 Å². The number of hydrogen-bond donors (Lipinski definition) is 1. The smallest absolute Gasteiger partial charge is 0.358 e. The van der Waals surface area contributed by atoms with Crippen LogP contribution in [0, 0.1) is 22.7 Å². The van der Waals surface area contributed by atoms with Gasteiger partial charge in [-0.1, -0.05) is 0 Å². The lowest BCUT2D eigenvalue weighted by molar-refractivity contribution is 0.0593. The van der Waals surface area contributed by atoms with Crippen LogP contribution in [0.3, 0.4) is 0 Å². The van der Waals surface area contributed by atoms with Gasteiger partial charge in [0.15, 0.2) is 5.69 Å². The van der Waals surface area contributed by atoms with Crippen molar-refractivity contribution in [2.24, 2.45) is 0 Å². The largest absolute Gasteiger partial charge is 0.464 e. The van der Waals surface area contributed by atoms with E-state index in [1.807, 2.05) is 0 Å². The van der Waals surface area contributed by atoms with Gasteiger partial charge in [-0.3, -0.25) is 0 Å². The Balaban J connectivity index is 2.14. The van der Waals surface area contributed by atoms with Crippen molar-refractivity contribution >= 4 is 11.7 Å². The molecule has 2 aromatic rings. The number of carbonyl (C=O) groups is 1. The minimum absolute atomic E-state index is 0.0149. The number of nitriles is 2. The lowest BCUT2D eigenvalue weighted by Gasteiger charge is -2.04. The van der Waals surface area contributed by atoms with Crippen LogP contribution in [0.25, 0.3) is 5.69 Å². The highest BCUT2D eigenvalue weighted by Crippen LogP contribution is 2.14. The number of ether oxygens (including phenoxy) is 1. The minimum Gasteiger partial charge on any atom is -0.464 e. The highest BCUT2D eigenvalue weighted by Gasteiger charge is 2.09. The topological polar surface area (TPSA) is 104 Å². The Hall–Kier alpha value is -3.58. The SMILES string of the molecule is COC(=O)c1ccn(-c2ccc(NC=C(C#N)C#N)cc2)n1. The summed E-state index contributed by atoms with van der Waals surface area (Å²) >= 11 is 0. The maximum absolute atomic E-state index is 11.4. The van der Waals surface area contributed by atoms with Gasteiger partial charge < -0.3 is 10.1 Å². The molecule has 0 spiro atoms. The molecule has 0 aliphatic rings. The summed E-state index contributed by atoms with van der Waals surface area (Å²) in [6.07, 6.45) is 2.98.